The minimum absolute atomic E-state index is 0.0389. The van der Waals surface area contributed by atoms with Crippen LogP contribution in [0.2, 0.25) is 0 Å². The van der Waals surface area contributed by atoms with Crippen LogP contribution in [0.1, 0.15) is 49.5 Å². The number of hydrogen-bond donors (Lipinski definition) is 4. The van der Waals surface area contributed by atoms with E-state index in [9.17, 15) is 39.5 Å². The summed E-state index contributed by atoms with van der Waals surface area (Å²) >= 11 is 0. The fourth-order valence-corrected chi connectivity index (χ4v) is 4.80. The van der Waals surface area contributed by atoms with Gasteiger partial charge in [0.25, 0.3) is 11.6 Å². The standard InChI is InChI=1S/C26H29N3O8/c1-25(2)18(12-13-26(25,3)24(34)35)22(31)28-19(23(32)33)14-15-8-10-16(11-9-15)27-21(30)17-6-4-5-7-20(17)29(36)37/h4-11,18-19H,12-14H2,1-3H3,(H,27,30)(H,28,31)(H,32,33)(H,34,35)/t18?,19-,26?/m0/s1. The second-order valence-electron chi connectivity index (χ2n) is 9.98. The van der Waals surface area contributed by atoms with E-state index in [4.69, 9.17) is 0 Å². The monoisotopic (exact) mass is 511 g/mol. The third-order valence-electron chi connectivity index (χ3n) is 7.63. The molecule has 2 aromatic carbocycles. The molecule has 0 heterocycles. The molecule has 4 N–H and O–H groups in total. The van der Waals surface area contributed by atoms with Gasteiger partial charge in [-0.05, 0) is 48.9 Å². The molecule has 2 aromatic rings. The number of para-hydroxylation sites is 1. The van der Waals surface area contributed by atoms with Gasteiger partial charge < -0.3 is 20.8 Å². The van der Waals surface area contributed by atoms with Crippen molar-refractivity contribution in [2.75, 3.05) is 5.32 Å². The molecule has 2 unspecified atom stereocenters. The minimum atomic E-state index is -1.24. The molecule has 0 bridgehead atoms. The predicted octanol–water partition coefficient (Wildman–Crippen LogP) is 3.49. The summed E-state index contributed by atoms with van der Waals surface area (Å²) in [6, 6.07) is 10.5. The maximum atomic E-state index is 13.0. The number of benzene rings is 2. The van der Waals surface area contributed by atoms with Crippen molar-refractivity contribution >= 4 is 35.1 Å². The van der Waals surface area contributed by atoms with Crippen LogP contribution in [-0.4, -0.2) is 44.9 Å². The lowest BCUT2D eigenvalue weighted by Crippen LogP contribution is -2.49. The molecule has 11 nitrogen and oxygen atoms in total. The molecule has 196 valence electrons. The van der Waals surface area contributed by atoms with Crippen LogP contribution in [0.5, 0.6) is 0 Å². The summed E-state index contributed by atoms with van der Waals surface area (Å²) in [5, 5.41) is 35.7. The number of rotatable bonds is 9. The summed E-state index contributed by atoms with van der Waals surface area (Å²) in [5.74, 6) is -4.05. The largest absolute Gasteiger partial charge is 0.481 e. The number of nitro groups is 1. The summed E-state index contributed by atoms with van der Waals surface area (Å²) in [7, 11) is 0. The number of nitro benzene ring substituents is 1. The van der Waals surface area contributed by atoms with Crippen LogP contribution in [0.15, 0.2) is 48.5 Å². The Labute approximate surface area is 213 Å². The number of aliphatic carboxylic acids is 2. The van der Waals surface area contributed by atoms with Gasteiger partial charge in [0.1, 0.15) is 11.6 Å². The van der Waals surface area contributed by atoms with Gasteiger partial charge in [0.15, 0.2) is 0 Å². The van der Waals surface area contributed by atoms with Crippen molar-refractivity contribution in [3.05, 3.63) is 69.8 Å². The van der Waals surface area contributed by atoms with Gasteiger partial charge in [-0.15, -0.1) is 0 Å². The van der Waals surface area contributed by atoms with Gasteiger partial charge in [-0.2, -0.15) is 0 Å². The van der Waals surface area contributed by atoms with Gasteiger partial charge in [0, 0.05) is 24.1 Å². The number of carboxylic acid groups (broad SMARTS) is 2. The van der Waals surface area contributed by atoms with Gasteiger partial charge in [0.05, 0.1) is 10.3 Å². The molecule has 37 heavy (non-hydrogen) atoms. The third-order valence-corrected chi connectivity index (χ3v) is 7.63. The van der Waals surface area contributed by atoms with Crippen LogP contribution < -0.4 is 10.6 Å². The van der Waals surface area contributed by atoms with Gasteiger partial charge in [-0.3, -0.25) is 24.5 Å². The first-order valence-electron chi connectivity index (χ1n) is 11.7. The molecule has 0 aliphatic heterocycles. The summed E-state index contributed by atoms with van der Waals surface area (Å²) < 4.78 is 0. The number of nitrogens with zero attached hydrogens (tertiary/aromatic N) is 1. The Morgan fingerprint density at radius 2 is 1.68 bits per heavy atom. The first-order valence-corrected chi connectivity index (χ1v) is 11.7. The number of carbonyl (C=O) groups excluding carboxylic acids is 2. The zero-order valence-electron chi connectivity index (χ0n) is 20.7. The quantitative estimate of drug-likeness (QED) is 0.292. The molecule has 1 aliphatic carbocycles. The lowest BCUT2D eigenvalue weighted by molar-refractivity contribution is -0.385. The van der Waals surface area contributed by atoms with Crippen LogP contribution >= 0.6 is 0 Å². The van der Waals surface area contributed by atoms with Crippen molar-refractivity contribution in [2.24, 2.45) is 16.7 Å². The molecule has 0 spiro atoms. The Balaban J connectivity index is 1.68. The highest BCUT2D eigenvalue weighted by atomic mass is 16.6. The number of amides is 2. The number of nitrogens with one attached hydrogen (secondary N) is 2. The fourth-order valence-electron chi connectivity index (χ4n) is 4.80. The summed E-state index contributed by atoms with van der Waals surface area (Å²) in [6.07, 6.45) is 0.606. The summed E-state index contributed by atoms with van der Waals surface area (Å²) in [4.78, 5) is 59.7. The van der Waals surface area contributed by atoms with E-state index in [1.54, 1.807) is 32.9 Å². The fraction of sp³-hybridized carbons (Fsp3) is 0.385. The highest BCUT2D eigenvalue weighted by Crippen LogP contribution is 2.56. The SMILES string of the molecule is CC1(C(=O)O)CCC(C(=O)N[C@@H](Cc2ccc(NC(=O)c3ccccc3[N+](=O)[O-])cc2)C(=O)O)C1(C)C. The predicted molar refractivity (Wildman–Crippen MR) is 133 cm³/mol. The Hall–Kier alpha value is -4.28. The summed E-state index contributed by atoms with van der Waals surface area (Å²) in [5.41, 5.74) is -1.49. The molecule has 3 rings (SSSR count). The average Bonchev–Trinajstić information content (AvgIpc) is 3.09. The smallest absolute Gasteiger partial charge is 0.326 e. The van der Waals surface area contributed by atoms with E-state index in [2.05, 4.69) is 10.6 Å². The van der Waals surface area contributed by atoms with E-state index in [0.717, 1.165) is 0 Å². The normalized spacial score (nSPS) is 21.0. The van der Waals surface area contributed by atoms with E-state index < -0.39 is 51.5 Å². The zero-order chi connectivity index (χ0) is 27.5. The van der Waals surface area contributed by atoms with E-state index in [1.165, 1.54) is 36.4 Å². The molecule has 1 aliphatic rings. The highest BCUT2D eigenvalue weighted by molar-refractivity contribution is 6.07. The van der Waals surface area contributed by atoms with Crippen LogP contribution in [0.3, 0.4) is 0 Å². The van der Waals surface area contributed by atoms with Crippen LogP contribution in [-0.2, 0) is 20.8 Å². The number of carbonyl (C=O) groups is 4. The van der Waals surface area contributed by atoms with Crippen molar-refractivity contribution in [2.45, 2.75) is 46.1 Å². The maximum absolute atomic E-state index is 13.0. The molecule has 1 saturated carbocycles. The van der Waals surface area contributed by atoms with Crippen LogP contribution in [0.4, 0.5) is 11.4 Å². The number of hydrogen-bond acceptors (Lipinski definition) is 6. The van der Waals surface area contributed by atoms with Crippen molar-refractivity contribution < 1.29 is 34.3 Å². The minimum Gasteiger partial charge on any atom is -0.481 e. The molecule has 0 aromatic heterocycles. The molecular formula is C26H29N3O8. The van der Waals surface area contributed by atoms with Crippen molar-refractivity contribution in [1.29, 1.82) is 0 Å². The van der Waals surface area contributed by atoms with Crippen molar-refractivity contribution in [3.63, 3.8) is 0 Å². The zero-order valence-corrected chi connectivity index (χ0v) is 20.7. The van der Waals surface area contributed by atoms with E-state index in [1.807, 2.05) is 0 Å². The molecule has 3 atom stereocenters. The van der Waals surface area contributed by atoms with Crippen LogP contribution in [0, 0.1) is 26.9 Å². The van der Waals surface area contributed by atoms with Gasteiger partial charge in [0.2, 0.25) is 5.91 Å². The molecule has 11 heteroatoms. The Morgan fingerprint density at radius 1 is 1.05 bits per heavy atom. The Bertz CT molecular complexity index is 1240. The Morgan fingerprint density at radius 3 is 2.22 bits per heavy atom. The van der Waals surface area contributed by atoms with E-state index in [0.29, 0.717) is 24.1 Å². The molecule has 0 saturated heterocycles. The third kappa shape index (κ3) is 5.45. The highest BCUT2D eigenvalue weighted by Gasteiger charge is 2.58. The van der Waals surface area contributed by atoms with Crippen LogP contribution in [0.25, 0.3) is 0 Å². The second-order valence-corrected chi connectivity index (χ2v) is 9.98. The summed E-state index contributed by atoms with van der Waals surface area (Å²) in [6.45, 7) is 5.03. The Kier molecular flexibility index (Phi) is 7.66. The average molecular weight is 512 g/mol. The number of carboxylic acids is 2. The number of anilines is 1. The lowest BCUT2D eigenvalue weighted by atomic mass is 9.65. The molecular weight excluding hydrogens is 482 g/mol. The molecule has 1 fully saturated rings. The van der Waals surface area contributed by atoms with Gasteiger partial charge >= 0.3 is 11.9 Å². The van der Waals surface area contributed by atoms with Gasteiger partial charge in [-0.25, -0.2) is 4.79 Å². The molecule has 0 radical (unpaired) electrons. The van der Waals surface area contributed by atoms with E-state index >= 15 is 0 Å². The lowest BCUT2D eigenvalue weighted by Gasteiger charge is -2.38. The van der Waals surface area contributed by atoms with Crippen molar-refractivity contribution in [1.82, 2.24) is 5.32 Å². The first-order chi connectivity index (χ1) is 17.3. The van der Waals surface area contributed by atoms with Gasteiger partial charge in [-0.1, -0.05) is 38.1 Å². The van der Waals surface area contributed by atoms with E-state index in [-0.39, 0.29) is 17.7 Å². The molecule has 2 amide bonds. The topological polar surface area (TPSA) is 176 Å². The second kappa shape index (κ2) is 10.4. The maximum Gasteiger partial charge on any atom is 0.326 e. The first kappa shape index (κ1) is 27.3. The van der Waals surface area contributed by atoms with Crippen molar-refractivity contribution in [3.8, 4) is 0 Å².